The average molecular weight is 348 g/mol. The monoisotopic (exact) mass is 348 g/mol. The fourth-order valence-corrected chi connectivity index (χ4v) is 4.23. The number of halogens is 3. The molecule has 0 unspecified atom stereocenters. The zero-order valence-electron chi connectivity index (χ0n) is 13.7. The van der Waals surface area contributed by atoms with Crippen LogP contribution in [0.3, 0.4) is 0 Å². The van der Waals surface area contributed by atoms with E-state index in [0.717, 1.165) is 18.6 Å². The Morgan fingerprint density at radius 1 is 1.04 bits per heavy atom. The molecule has 0 spiro atoms. The Morgan fingerprint density at radius 2 is 1.88 bits per heavy atom. The molecule has 2 nitrogen and oxygen atoms in total. The lowest BCUT2D eigenvalue weighted by molar-refractivity contribution is 0.0287. The van der Waals surface area contributed by atoms with E-state index in [1.54, 1.807) is 6.07 Å². The third kappa shape index (κ3) is 2.96. The molecule has 4 rings (SSSR count). The lowest BCUT2D eigenvalue weighted by Crippen LogP contribution is -2.31. The highest BCUT2D eigenvalue weighted by Gasteiger charge is 2.53. The highest BCUT2D eigenvalue weighted by atomic mass is 19.2. The van der Waals surface area contributed by atoms with Gasteiger partial charge in [0.1, 0.15) is 5.82 Å². The second kappa shape index (κ2) is 6.46. The summed E-state index contributed by atoms with van der Waals surface area (Å²) in [7, 11) is 0. The summed E-state index contributed by atoms with van der Waals surface area (Å²) >= 11 is 0. The number of hydrogen-bond acceptors (Lipinski definition) is 2. The zero-order chi connectivity index (χ0) is 17.4. The summed E-state index contributed by atoms with van der Waals surface area (Å²) in [5, 5.41) is 0. The molecule has 1 saturated carbocycles. The maximum atomic E-state index is 14.4. The number of fused-ring (bicyclic) bond motifs is 1. The Bertz CT molecular complexity index is 779. The summed E-state index contributed by atoms with van der Waals surface area (Å²) < 4.78 is 52.3. The molecule has 3 atom stereocenters. The molecule has 0 amide bonds. The van der Waals surface area contributed by atoms with Crippen LogP contribution >= 0.6 is 0 Å². The molecular formula is C20H19F3O2. The second-order valence-corrected chi connectivity index (χ2v) is 6.97. The molecule has 1 aliphatic heterocycles. The maximum Gasteiger partial charge on any atom is 0.159 e. The van der Waals surface area contributed by atoms with Gasteiger partial charge in [0.05, 0.1) is 25.9 Å². The van der Waals surface area contributed by atoms with Crippen molar-refractivity contribution >= 4 is 0 Å². The Balaban J connectivity index is 1.49. The molecular weight excluding hydrogens is 329 g/mol. The standard InChI is InChI=1S/C20H19F3O2/c21-17-4-2-1-3-16(17)20-9-15(8-14(20)11-24-12-20)25-10-13-5-6-18(22)19(23)7-13/h1-7,14-15H,8-12H2/t14-,15-,20-/m0/s1. The first kappa shape index (κ1) is 16.6. The minimum atomic E-state index is -0.874. The molecule has 0 N–H and O–H groups in total. The average Bonchev–Trinajstić information content (AvgIpc) is 3.14. The lowest BCUT2D eigenvalue weighted by atomic mass is 9.74. The van der Waals surface area contributed by atoms with E-state index in [1.165, 1.54) is 12.1 Å². The summed E-state index contributed by atoms with van der Waals surface area (Å²) in [4.78, 5) is 0. The van der Waals surface area contributed by atoms with Crippen molar-refractivity contribution in [3.63, 3.8) is 0 Å². The fraction of sp³-hybridized carbons (Fsp3) is 0.400. The number of benzene rings is 2. The van der Waals surface area contributed by atoms with Gasteiger partial charge in [0.2, 0.25) is 0 Å². The maximum absolute atomic E-state index is 14.4. The number of ether oxygens (including phenoxy) is 2. The predicted molar refractivity (Wildman–Crippen MR) is 86.6 cm³/mol. The fourth-order valence-electron chi connectivity index (χ4n) is 4.23. The quantitative estimate of drug-likeness (QED) is 0.817. The lowest BCUT2D eigenvalue weighted by Gasteiger charge is -2.28. The van der Waals surface area contributed by atoms with Crippen molar-refractivity contribution in [3.8, 4) is 0 Å². The van der Waals surface area contributed by atoms with Crippen LogP contribution in [0.25, 0.3) is 0 Å². The molecule has 132 valence electrons. The van der Waals surface area contributed by atoms with Gasteiger partial charge in [-0.05, 0) is 48.1 Å². The number of hydrogen-bond donors (Lipinski definition) is 0. The highest BCUT2D eigenvalue weighted by Crippen LogP contribution is 2.51. The van der Waals surface area contributed by atoms with Crippen LogP contribution in [0.2, 0.25) is 0 Å². The van der Waals surface area contributed by atoms with E-state index in [-0.39, 0.29) is 29.9 Å². The topological polar surface area (TPSA) is 18.5 Å². The molecule has 2 aromatic rings. The normalized spacial score (nSPS) is 28.3. The third-order valence-electron chi connectivity index (χ3n) is 5.48. The van der Waals surface area contributed by atoms with E-state index in [2.05, 4.69) is 0 Å². The van der Waals surface area contributed by atoms with Crippen molar-refractivity contribution in [2.24, 2.45) is 5.92 Å². The molecule has 0 radical (unpaired) electrons. The van der Waals surface area contributed by atoms with E-state index in [9.17, 15) is 13.2 Å². The van der Waals surface area contributed by atoms with Gasteiger partial charge in [0.15, 0.2) is 11.6 Å². The van der Waals surface area contributed by atoms with Crippen LogP contribution in [0, 0.1) is 23.4 Å². The van der Waals surface area contributed by atoms with E-state index < -0.39 is 11.6 Å². The van der Waals surface area contributed by atoms with Crippen LogP contribution in [-0.2, 0) is 21.5 Å². The molecule has 1 aliphatic carbocycles. The molecule has 5 heteroatoms. The minimum absolute atomic E-state index is 0.0541. The van der Waals surface area contributed by atoms with Crippen LogP contribution in [0.1, 0.15) is 24.0 Å². The predicted octanol–water partition coefficient (Wildman–Crippen LogP) is 4.37. The van der Waals surface area contributed by atoms with Gasteiger partial charge in [-0.3, -0.25) is 0 Å². The second-order valence-electron chi connectivity index (χ2n) is 6.97. The minimum Gasteiger partial charge on any atom is -0.380 e. The van der Waals surface area contributed by atoms with Gasteiger partial charge in [-0.2, -0.15) is 0 Å². The molecule has 2 aromatic carbocycles. The van der Waals surface area contributed by atoms with Gasteiger partial charge >= 0.3 is 0 Å². The summed E-state index contributed by atoms with van der Waals surface area (Å²) in [6.07, 6.45) is 1.39. The van der Waals surface area contributed by atoms with E-state index in [4.69, 9.17) is 9.47 Å². The van der Waals surface area contributed by atoms with E-state index in [0.29, 0.717) is 30.8 Å². The molecule has 2 fully saturated rings. The molecule has 0 bridgehead atoms. The SMILES string of the molecule is Fc1ccc(CO[C@H]2C[C@H]3COC[C@@]3(c3ccccc3F)C2)cc1F. The highest BCUT2D eigenvalue weighted by molar-refractivity contribution is 5.32. The summed E-state index contributed by atoms with van der Waals surface area (Å²) in [6.45, 7) is 1.30. The third-order valence-corrected chi connectivity index (χ3v) is 5.48. The largest absolute Gasteiger partial charge is 0.380 e. The Kier molecular flexibility index (Phi) is 4.29. The van der Waals surface area contributed by atoms with Gasteiger partial charge in [-0.1, -0.05) is 24.3 Å². The van der Waals surface area contributed by atoms with Crippen molar-refractivity contribution in [1.82, 2.24) is 0 Å². The first-order chi connectivity index (χ1) is 12.1. The van der Waals surface area contributed by atoms with Gasteiger partial charge in [-0.25, -0.2) is 13.2 Å². The van der Waals surface area contributed by atoms with Crippen molar-refractivity contribution in [2.75, 3.05) is 13.2 Å². The molecule has 2 aliphatic rings. The first-order valence-corrected chi connectivity index (χ1v) is 8.47. The van der Waals surface area contributed by atoms with Crippen LogP contribution < -0.4 is 0 Å². The van der Waals surface area contributed by atoms with E-state index in [1.807, 2.05) is 12.1 Å². The van der Waals surface area contributed by atoms with Crippen LogP contribution in [-0.4, -0.2) is 19.3 Å². The smallest absolute Gasteiger partial charge is 0.159 e. The van der Waals surface area contributed by atoms with Crippen molar-refractivity contribution < 1.29 is 22.6 Å². The van der Waals surface area contributed by atoms with Crippen molar-refractivity contribution in [2.45, 2.75) is 31.0 Å². The van der Waals surface area contributed by atoms with Crippen LogP contribution in [0.5, 0.6) is 0 Å². The van der Waals surface area contributed by atoms with Crippen LogP contribution in [0.4, 0.5) is 13.2 Å². The van der Waals surface area contributed by atoms with Crippen molar-refractivity contribution in [1.29, 1.82) is 0 Å². The summed E-state index contributed by atoms with van der Waals surface area (Å²) in [5.74, 6) is -1.74. The van der Waals surface area contributed by atoms with Gasteiger partial charge in [-0.15, -0.1) is 0 Å². The summed E-state index contributed by atoms with van der Waals surface area (Å²) in [6, 6.07) is 10.6. The molecule has 0 aromatic heterocycles. The van der Waals surface area contributed by atoms with Gasteiger partial charge in [0, 0.05) is 5.41 Å². The zero-order valence-corrected chi connectivity index (χ0v) is 13.7. The Morgan fingerprint density at radius 3 is 2.68 bits per heavy atom. The first-order valence-electron chi connectivity index (χ1n) is 8.47. The molecule has 1 saturated heterocycles. The Hall–Kier alpha value is -1.85. The summed E-state index contributed by atoms with van der Waals surface area (Å²) in [5.41, 5.74) is 0.924. The van der Waals surface area contributed by atoms with E-state index >= 15 is 0 Å². The van der Waals surface area contributed by atoms with Crippen LogP contribution in [0.15, 0.2) is 42.5 Å². The number of rotatable bonds is 4. The van der Waals surface area contributed by atoms with Gasteiger partial charge in [0.25, 0.3) is 0 Å². The van der Waals surface area contributed by atoms with Crippen molar-refractivity contribution in [3.05, 3.63) is 71.0 Å². The van der Waals surface area contributed by atoms with Gasteiger partial charge < -0.3 is 9.47 Å². The Labute approximate surface area is 144 Å². The molecule has 25 heavy (non-hydrogen) atoms. The molecule has 1 heterocycles.